The third-order valence-corrected chi connectivity index (χ3v) is 1.81. The monoisotopic (exact) mass is 168 g/mol. The molecule has 66 valence electrons. The number of halogens is 1. The molecule has 2 nitrogen and oxygen atoms in total. The van der Waals surface area contributed by atoms with Crippen molar-refractivity contribution in [2.75, 3.05) is 0 Å². The van der Waals surface area contributed by atoms with Crippen molar-refractivity contribution in [3.05, 3.63) is 29.8 Å². The maximum Gasteiger partial charge on any atom is 0.144 e. The van der Waals surface area contributed by atoms with E-state index < -0.39 is 0 Å². The van der Waals surface area contributed by atoms with Gasteiger partial charge in [-0.1, -0.05) is 6.92 Å². The molecule has 1 aromatic rings. The molecule has 0 fully saturated rings. The van der Waals surface area contributed by atoms with E-state index in [9.17, 15) is 4.39 Å². The first-order valence-corrected chi connectivity index (χ1v) is 4.09. The Morgan fingerprint density at radius 2 is 2.42 bits per heavy atom. The summed E-state index contributed by atoms with van der Waals surface area (Å²) in [6.07, 6.45) is 2.94. The largest absolute Gasteiger partial charge is 0.327 e. The fourth-order valence-electron chi connectivity index (χ4n) is 0.961. The minimum absolute atomic E-state index is 0.00870. The molecule has 0 radical (unpaired) electrons. The highest BCUT2D eigenvalue weighted by molar-refractivity contribution is 5.08. The van der Waals surface area contributed by atoms with E-state index in [2.05, 4.69) is 4.98 Å². The topological polar surface area (TPSA) is 38.9 Å². The van der Waals surface area contributed by atoms with Gasteiger partial charge < -0.3 is 5.73 Å². The highest BCUT2D eigenvalue weighted by Crippen LogP contribution is 2.05. The highest BCUT2D eigenvalue weighted by Gasteiger charge is 2.06. The van der Waals surface area contributed by atoms with Crippen LogP contribution in [0.25, 0.3) is 0 Å². The summed E-state index contributed by atoms with van der Waals surface area (Å²) < 4.78 is 13.0. The van der Waals surface area contributed by atoms with Gasteiger partial charge in [0.25, 0.3) is 0 Å². The van der Waals surface area contributed by atoms with Crippen LogP contribution in [0.1, 0.15) is 19.0 Å². The summed E-state index contributed by atoms with van der Waals surface area (Å²) in [5.74, 6) is -0.263. The minimum Gasteiger partial charge on any atom is -0.327 e. The van der Waals surface area contributed by atoms with Crippen molar-refractivity contribution in [3.63, 3.8) is 0 Å². The molecule has 0 aliphatic rings. The first-order valence-electron chi connectivity index (χ1n) is 4.09. The van der Waals surface area contributed by atoms with E-state index >= 15 is 0 Å². The van der Waals surface area contributed by atoms with E-state index in [0.717, 1.165) is 6.42 Å². The Labute approximate surface area is 71.6 Å². The Balaban J connectivity index is 2.69. The second-order valence-corrected chi connectivity index (χ2v) is 2.80. The van der Waals surface area contributed by atoms with Crippen LogP contribution < -0.4 is 5.73 Å². The molecule has 1 aromatic heterocycles. The SMILES string of the molecule is CCC(N)Cc1ncccc1F. The molecule has 1 unspecified atom stereocenters. The van der Waals surface area contributed by atoms with Crippen molar-refractivity contribution >= 4 is 0 Å². The van der Waals surface area contributed by atoms with Gasteiger partial charge in [0, 0.05) is 18.7 Å². The van der Waals surface area contributed by atoms with E-state index in [1.54, 1.807) is 12.3 Å². The molecule has 0 saturated carbocycles. The number of hydrogen-bond donors (Lipinski definition) is 1. The van der Waals surface area contributed by atoms with Crippen molar-refractivity contribution < 1.29 is 4.39 Å². The lowest BCUT2D eigenvalue weighted by molar-refractivity contribution is 0.565. The standard InChI is InChI=1S/C9H13FN2/c1-2-7(11)6-9-8(10)4-3-5-12-9/h3-5,7H,2,6,11H2,1H3. The zero-order valence-corrected chi connectivity index (χ0v) is 7.13. The van der Waals surface area contributed by atoms with Crippen LogP contribution in [0.3, 0.4) is 0 Å². The summed E-state index contributed by atoms with van der Waals surface area (Å²) in [4.78, 5) is 3.91. The number of nitrogens with two attached hydrogens (primary N) is 1. The maximum atomic E-state index is 13.0. The molecular formula is C9H13FN2. The summed E-state index contributed by atoms with van der Waals surface area (Å²) in [7, 11) is 0. The van der Waals surface area contributed by atoms with Gasteiger partial charge in [-0.05, 0) is 18.6 Å². The van der Waals surface area contributed by atoms with Crippen molar-refractivity contribution in [1.82, 2.24) is 4.98 Å². The highest BCUT2D eigenvalue weighted by atomic mass is 19.1. The lowest BCUT2D eigenvalue weighted by Crippen LogP contribution is -2.22. The lowest BCUT2D eigenvalue weighted by Gasteiger charge is -2.07. The Morgan fingerprint density at radius 3 is 3.00 bits per heavy atom. The van der Waals surface area contributed by atoms with E-state index in [0.29, 0.717) is 12.1 Å². The molecule has 0 amide bonds. The molecule has 3 heteroatoms. The number of hydrogen-bond acceptors (Lipinski definition) is 2. The quantitative estimate of drug-likeness (QED) is 0.742. The van der Waals surface area contributed by atoms with Gasteiger partial charge in [-0.3, -0.25) is 4.98 Å². The fourth-order valence-corrected chi connectivity index (χ4v) is 0.961. The number of aromatic nitrogens is 1. The Hall–Kier alpha value is -0.960. The summed E-state index contributed by atoms with van der Waals surface area (Å²) in [6, 6.07) is 3.00. The van der Waals surface area contributed by atoms with Crippen LogP contribution in [0, 0.1) is 5.82 Å². The van der Waals surface area contributed by atoms with Crippen molar-refractivity contribution in [1.29, 1.82) is 0 Å². The normalized spacial score (nSPS) is 12.9. The van der Waals surface area contributed by atoms with Crippen molar-refractivity contribution in [2.24, 2.45) is 5.73 Å². The second kappa shape index (κ2) is 4.16. The van der Waals surface area contributed by atoms with Gasteiger partial charge in [0.1, 0.15) is 5.82 Å². The fraction of sp³-hybridized carbons (Fsp3) is 0.444. The Bertz CT molecular complexity index is 250. The zero-order chi connectivity index (χ0) is 8.97. The summed E-state index contributed by atoms with van der Waals surface area (Å²) in [5, 5.41) is 0. The predicted octanol–water partition coefficient (Wildman–Crippen LogP) is 1.50. The number of nitrogens with zero attached hydrogens (tertiary/aromatic N) is 1. The van der Waals surface area contributed by atoms with E-state index in [1.165, 1.54) is 6.07 Å². The molecule has 2 N–H and O–H groups in total. The van der Waals surface area contributed by atoms with Crippen LogP contribution in [-0.2, 0) is 6.42 Å². The van der Waals surface area contributed by atoms with Crippen molar-refractivity contribution in [2.45, 2.75) is 25.8 Å². The molecule has 0 bridgehead atoms. The van der Waals surface area contributed by atoms with E-state index in [4.69, 9.17) is 5.73 Å². The average molecular weight is 168 g/mol. The molecule has 0 spiro atoms. The van der Waals surface area contributed by atoms with E-state index in [1.807, 2.05) is 6.92 Å². The Morgan fingerprint density at radius 1 is 1.67 bits per heavy atom. The molecule has 1 rings (SSSR count). The molecule has 0 aliphatic heterocycles. The molecule has 0 saturated heterocycles. The maximum absolute atomic E-state index is 13.0. The van der Waals surface area contributed by atoms with Crippen LogP contribution in [-0.4, -0.2) is 11.0 Å². The van der Waals surface area contributed by atoms with Gasteiger partial charge >= 0.3 is 0 Å². The lowest BCUT2D eigenvalue weighted by atomic mass is 10.1. The summed E-state index contributed by atoms with van der Waals surface area (Å²) in [5.41, 5.74) is 6.13. The molecule has 1 heterocycles. The molecular weight excluding hydrogens is 155 g/mol. The van der Waals surface area contributed by atoms with Crippen LogP contribution in [0.15, 0.2) is 18.3 Å². The smallest absolute Gasteiger partial charge is 0.144 e. The number of pyridine rings is 1. The van der Waals surface area contributed by atoms with Crippen molar-refractivity contribution in [3.8, 4) is 0 Å². The third-order valence-electron chi connectivity index (χ3n) is 1.81. The Kier molecular flexibility index (Phi) is 3.17. The third kappa shape index (κ3) is 2.27. The average Bonchev–Trinajstić information content (AvgIpc) is 2.09. The van der Waals surface area contributed by atoms with Gasteiger partial charge in [-0.25, -0.2) is 4.39 Å². The minimum atomic E-state index is -0.263. The van der Waals surface area contributed by atoms with Crippen LogP contribution in [0.5, 0.6) is 0 Å². The number of rotatable bonds is 3. The molecule has 0 aromatic carbocycles. The van der Waals surface area contributed by atoms with Gasteiger partial charge in [-0.15, -0.1) is 0 Å². The first-order chi connectivity index (χ1) is 5.74. The molecule has 1 atom stereocenters. The molecule has 0 aliphatic carbocycles. The van der Waals surface area contributed by atoms with Crippen LogP contribution in [0.4, 0.5) is 4.39 Å². The van der Waals surface area contributed by atoms with Gasteiger partial charge in [0.2, 0.25) is 0 Å². The zero-order valence-electron chi connectivity index (χ0n) is 7.13. The molecule has 12 heavy (non-hydrogen) atoms. The van der Waals surface area contributed by atoms with Crippen LogP contribution >= 0.6 is 0 Å². The predicted molar refractivity (Wildman–Crippen MR) is 46.2 cm³/mol. The summed E-state index contributed by atoms with van der Waals surface area (Å²) in [6.45, 7) is 1.98. The first kappa shape index (κ1) is 9.13. The van der Waals surface area contributed by atoms with Gasteiger partial charge in [0.05, 0.1) is 5.69 Å². The van der Waals surface area contributed by atoms with Gasteiger partial charge in [-0.2, -0.15) is 0 Å². The second-order valence-electron chi connectivity index (χ2n) is 2.80. The summed E-state index contributed by atoms with van der Waals surface area (Å²) >= 11 is 0. The van der Waals surface area contributed by atoms with Crippen LogP contribution in [0.2, 0.25) is 0 Å². The van der Waals surface area contributed by atoms with Gasteiger partial charge in [0.15, 0.2) is 0 Å². The van der Waals surface area contributed by atoms with E-state index in [-0.39, 0.29) is 11.9 Å².